The van der Waals surface area contributed by atoms with Crippen LogP contribution in [-0.4, -0.2) is 57.0 Å². The SMILES string of the molecule is COc1cc2c(cc1C(=O)Nc1cccc(-c3nnc4n3[C@H](C)CC4)n1)CN(S(=O)(=O)c1ccccn1)CC2. The second-order valence-electron chi connectivity index (χ2n) is 9.64. The summed E-state index contributed by atoms with van der Waals surface area (Å²) >= 11 is 0. The van der Waals surface area contributed by atoms with Crippen LogP contribution in [0, 0.1) is 0 Å². The highest BCUT2D eigenvalue weighted by Gasteiger charge is 2.31. The molecule has 0 saturated carbocycles. The van der Waals surface area contributed by atoms with Crippen molar-refractivity contribution in [2.45, 2.75) is 43.8 Å². The zero-order valence-corrected chi connectivity index (χ0v) is 22.4. The predicted molar refractivity (Wildman–Crippen MR) is 143 cm³/mol. The molecule has 200 valence electrons. The van der Waals surface area contributed by atoms with Gasteiger partial charge in [0.15, 0.2) is 10.9 Å². The minimum absolute atomic E-state index is 0.00130. The third-order valence-corrected chi connectivity index (χ3v) is 8.96. The van der Waals surface area contributed by atoms with Crippen LogP contribution in [0.15, 0.2) is 59.8 Å². The molecular weight excluding hydrogens is 518 g/mol. The van der Waals surface area contributed by atoms with Gasteiger partial charge in [0.05, 0.1) is 12.7 Å². The van der Waals surface area contributed by atoms with Gasteiger partial charge in [0.1, 0.15) is 23.1 Å². The van der Waals surface area contributed by atoms with Gasteiger partial charge >= 0.3 is 0 Å². The zero-order valence-electron chi connectivity index (χ0n) is 21.5. The number of pyridine rings is 2. The summed E-state index contributed by atoms with van der Waals surface area (Å²) in [7, 11) is -2.26. The first kappa shape index (κ1) is 25.1. The fourth-order valence-electron chi connectivity index (χ4n) is 5.16. The molecule has 0 unspecified atom stereocenters. The van der Waals surface area contributed by atoms with E-state index in [9.17, 15) is 13.2 Å². The Hall–Kier alpha value is -4.16. The molecule has 2 aliphatic rings. The van der Waals surface area contributed by atoms with E-state index in [1.54, 1.807) is 30.3 Å². The molecular formula is C27H27N7O4S. The topological polar surface area (TPSA) is 132 Å². The van der Waals surface area contributed by atoms with Crippen LogP contribution in [0.5, 0.6) is 5.75 Å². The molecule has 6 rings (SSSR count). The number of rotatable bonds is 6. The number of hydrogen-bond donors (Lipinski definition) is 1. The van der Waals surface area contributed by atoms with Crippen molar-refractivity contribution in [3.05, 3.63) is 77.2 Å². The van der Waals surface area contributed by atoms with Crippen molar-refractivity contribution in [2.75, 3.05) is 19.0 Å². The monoisotopic (exact) mass is 545 g/mol. The molecule has 1 amide bonds. The molecule has 3 aromatic heterocycles. The predicted octanol–water partition coefficient (Wildman–Crippen LogP) is 3.25. The van der Waals surface area contributed by atoms with Gasteiger partial charge in [-0.2, -0.15) is 4.31 Å². The smallest absolute Gasteiger partial charge is 0.260 e. The van der Waals surface area contributed by atoms with Crippen molar-refractivity contribution in [3.63, 3.8) is 0 Å². The summed E-state index contributed by atoms with van der Waals surface area (Å²) in [5.74, 6) is 1.97. The highest BCUT2D eigenvalue weighted by atomic mass is 32.2. The van der Waals surface area contributed by atoms with Crippen molar-refractivity contribution in [3.8, 4) is 17.3 Å². The quantitative estimate of drug-likeness (QED) is 0.391. The number of anilines is 1. The van der Waals surface area contributed by atoms with Crippen molar-refractivity contribution in [2.24, 2.45) is 0 Å². The van der Waals surface area contributed by atoms with Crippen molar-refractivity contribution >= 4 is 21.7 Å². The molecule has 5 heterocycles. The van der Waals surface area contributed by atoms with E-state index in [4.69, 9.17) is 4.74 Å². The van der Waals surface area contributed by atoms with E-state index in [1.165, 1.54) is 23.7 Å². The highest BCUT2D eigenvalue weighted by Crippen LogP contribution is 2.32. The van der Waals surface area contributed by atoms with Crippen LogP contribution >= 0.6 is 0 Å². The third-order valence-electron chi connectivity index (χ3n) is 7.20. The Bertz CT molecular complexity index is 1670. The van der Waals surface area contributed by atoms with E-state index >= 15 is 0 Å². The number of amides is 1. The summed E-state index contributed by atoms with van der Waals surface area (Å²) in [6.07, 6.45) is 3.83. The van der Waals surface area contributed by atoms with E-state index < -0.39 is 15.9 Å². The zero-order chi connectivity index (χ0) is 27.1. The first-order valence-electron chi connectivity index (χ1n) is 12.7. The number of carbonyl (C=O) groups excluding carboxylic acids is 1. The molecule has 11 nitrogen and oxygen atoms in total. The fraction of sp³-hybridized carbons (Fsp3) is 0.296. The number of benzene rings is 1. The van der Waals surface area contributed by atoms with Crippen molar-refractivity contribution in [1.29, 1.82) is 0 Å². The number of hydrogen-bond acceptors (Lipinski definition) is 8. The Morgan fingerprint density at radius 1 is 1.08 bits per heavy atom. The molecule has 2 aliphatic heterocycles. The van der Waals surface area contributed by atoms with Crippen LogP contribution < -0.4 is 10.1 Å². The first-order valence-corrected chi connectivity index (χ1v) is 14.1. The summed E-state index contributed by atoms with van der Waals surface area (Å²) in [6.45, 7) is 2.56. The standard InChI is InChI=1S/C27H27N7O4S/c1-17-9-10-24-31-32-26(34(17)24)21-6-5-7-23(29-21)30-27(35)20-14-19-16-33(13-11-18(19)15-22(20)38-2)39(36,37)25-8-3-4-12-28-25/h3-8,12,14-15,17H,9-11,13,16H2,1-2H3,(H,29,30,35)/t17-/m1/s1. The largest absolute Gasteiger partial charge is 0.496 e. The van der Waals surface area contributed by atoms with Gasteiger partial charge in [0, 0.05) is 31.7 Å². The summed E-state index contributed by atoms with van der Waals surface area (Å²) in [6, 6.07) is 13.9. The van der Waals surface area contributed by atoms with Crippen LogP contribution in [0.4, 0.5) is 5.82 Å². The summed E-state index contributed by atoms with van der Waals surface area (Å²) < 4.78 is 35.3. The van der Waals surface area contributed by atoms with Crippen LogP contribution in [0.2, 0.25) is 0 Å². The molecule has 4 aromatic rings. The van der Waals surface area contributed by atoms with Crippen molar-refractivity contribution in [1.82, 2.24) is 29.0 Å². The van der Waals surface area contributed by atoms with Gasteiger partial charge in [-0.05, 0) is 67.3 Å². The fourth-order valence-corrected chi connectivity index (χ4v) is 6.51. The minimum atomic E-state index is -3.77. The van der Waals surface area contributed by atoms with Crippen LogP contribution in [-0.2, 0) is 29.4 Å². The first-order chi connectivity index (χ1) is 18.8. The second-order valence-corrected chi connectivity index (χ2v) is 11.5. The van der Waals surface area contributed by atoms with Crippen LogP contribution in [0.3, 0.4) is 0 Å². The Balaban J connectivity index is 1.27. The van der Waals surface area contributed by atoms with E-state index in [2.05, 4.69) is 37.0 Å². The van der Waals surface area contributed by atoms with Gasteiger partial charge < -0.3 is 14.6 Å². The molecule has 0 bridgehead atoms. The minimum Gasteiger partial charge on any atom is -0.496 e. The van der Waals surface area contributed by atoms with Gasteiger partial charge in [0.2, 0.25) is 0 Å². The molecule has 0 aliphatic carbocycles. The molecule has 0 fully saturated rings. The number of aromatic nitrogens is 5. The summed E-state index contributed by atoms with van der Waals surface area (Å²) in [5.41, 5.74) is 2.58. The Morgan fingerprint density at radius 2 is 1.95 bits per heavy atom. The molecule has 0 saturated heterocycles. The highest BCUT2D eigenvalue weighted by molar-refractivity contribution is 7.89. The maximum Gasteiger partial charge on any atom is 0.260 e. The molecule has 1 atom stereocenters. The third kappa shape index (κ3) is 4.55. The van der Waals surface area contributed by atoms with Crippen LogP contribution in [0.1, 0.15) is 46.7 Å². The average molecular weight is 546 g/mol. The number of nitrogens with one attached hydrogen (secondary N) is 1. The normalized spacial score (nSPS) is 16.9. The number of nitrogens with zero attached hydrogens (tertiary/aromatic N) is 6. The van der Waals surface area contributed by atoms with Gasteiger partial charge in [0.25, 0.3) is 15.9 Å². The maximum atomic E-state index is 13.4. The summed E-state index contributed by atoms with van der Waals surface area (Å²) in [4.78, 5) is 22.1. The van der Waals surface area contributed by atoms with Gasteiger partial charge in [-0.15, -0.1) is 10.2 Å². The Morgan fingerprint density at radius 3 is 2.74 bits per heavy atom. The molecule has 0 radical (unpaired) electrons. The van der Waals surface area contributed by atoms with Gasteiger partial charge in [-0.3, -0.25) is 4.79 Å². The average Bonchev–Trinajstić information content (AvgIpc) is 3.55. The van der Waals surface area contributed by atoms with Crippen LogP contribution in [0.25, 0.3) is 11.5 Å². The number of sulfonamides is 1. The lowest BCUT2D eigenvalue weighted by atomic mass is 9.97. The van der Waals surface area contributed by atoms with E-state index in [0.717, 1.165) is 29.8 Å². The number of methoxy groups -OCH3 is 1. The lowest BCUT2D eigenvalue weighted by Crippen LogP contribution is -2.36. The lowest BCUT2D eigenvalue weighted by molar-refractivity contribution is 0.102. The number of aryl methyl sites for hydroxylation is 1. The molecule has 39 heavy (non-hydrogen) atoms. The lowest BCUT2D eigenvalue weighted by Gasteiger charge is -2.28. The van der Waals surface area contributed by atoms with E-state index in [1.807, 2.05) is 12.1 Å². The molecule has 1 N–H and O–H groups in total. The second kappa shape index (κ2) is 9.86. The summed E-state index contributed by atoms with van der Waals surface area (Å²) in [5, 5.41) is 11.5. The number of carbonyl (C=O) groups is 1. The van der Waals surface area contributed by atoms with Crippen molar-refractivity contribution < 1.29 is 17.9 Å². The number of fused-ring (bicyclic) bond motifs is 2. The number of ether oxygens (including phenoxy) is 1. The molecule has 1 aromatic carbocycles. The van der Waals surface area contributed by atoms with Gasteiger partial charge in [-0.1, -0.05) is 12.1 Å². The Labute approximate surface area is 225 Å². The van der Waals surface area contributed by atoms with E-state index in [0.29, 0.717) is 36.1 Å². The molecule has 0 spiro atoms. The van der Waals surface area contributed by atoms with Gasteiger partial charge in [-0.25, -0.2) is 18.4 Å². The Kier molecular flexibility index (Phi) is 6.35. The molecule has 12 heteroatoms. The van der Waals surface area contributed by atoms with E-state index in [-0.39, 0.29) is 23.2 Å². The maximum absolute atomic E-state index is 13.4.